The number of nitrogens with one attached hydrogen (secondary N) is 1. The second-order valence-corrected chi connectivity index (χ2v) is 6.31. The van der Waals surface area contributed by atoms with Gasteiger partial charge in [0.2, 0.25) is 5.91 Å². The summed E-state index contributed by atoms with van der Waals surface area (Å²) in [4.78, 5) is 28.5. The van der Waals surface area contributed by atoms with Gasteiger partial charge in [0.15, 0.2) is 0 Å². The van der Waals surface area contributed by atoms with Crippen molar-refractivity contribution in [3.05, 3.63) is 36.9 Å². The summed E-state index contributed by atoms with van der Waals surface area (Å²) in [5, 5.41) is 2.91. The van der Waals surface area contributed by atoms with Crippen molar-refractivity contribution in [3.8, 4) is 5.75 Å². The predicted octanol–water partition coefficient (Wildman–Crippen LogP) is 2.34. The van der Waals surface area contributed by atoms with Crippen LogP contribution >= 0.6 is 0 Å². The Morgan fingerprint density at radius 3 is 2.96 bits per heavy atom. The molecule has 1 N–H and O–H groups in total. The molecule has 3 fully saturated rings. The first kappa shape index (κ1) is 16.4. The third-order valence-corrected chi connectivity index (χ3v) is 4.74. The van der Waals surface area contributed by atoms with Gasteiger partial charge in [-0.2, -0.15) is 0 Å². The SMILES string of the molecule is C=CCOc1ccccc1NC(=O)N1C[C@H]2CC[C@@H](C1)N(C)C2=O. The van der Waals surface area contributed by atoms with Gasteiger partial charge < -0.3 is 19.9 Å². The Labute approximate surface area is 142 Å². The summed E-state index contributed by atoms with van der Waals surface area (Å²) in [6.07, 6.45) is 3.47. The first-order valence-electron chi connectivity index (χ1n) is 8.25. The van der Waals surface area contributed by atoms with Crippen LogP contribution in [0.15, 0.2) is 36.9 Å². The number of benzene rings is 1. The molecule has 0 aromatic heterocycles. The zero-order valence-electron chi connectivity index (χ0n) is 13.9. The maximum absolute atomic E-state index is 12.7. The number of carbonyl (C=O) groups is 2. The Morgan fingerprint density at radius 2 is 2.17 bits per heavy atom. The molecule has 0 aliphatic carbocycles. The summed E-state index contributed by atoms with van der Waals surface area (Å²) in [5.41, 5.74) is 0.626. The monoisotopic (exact) mass is 329 g/mol. The van der Waals surface area contributed by atoms with Gasteiger partial charge in [-0.05, 0) is 25.0 Å². The number of rotatable bonds is 4. The molecule has 2 atom stereocenters. The third kappa shape index (κ3) is 3.22. The second kappa shape index (κ2) is 6.95. The van der Waals surface area contributed by atoms with Gasteiger partial charge in [-0.1, -0.05) is 24.8 Å². The van der Waals surface area contributed by atoms with Crippen molar-refractivity contribution in [2.45, 2.75) is 18.9 Å². The maximum Gasteiger partial charge on any atom is 0.322 e. The number of nitrogens with zero attached hydrogens (tertiary/aromatic N) is 2. The topological polar surface area (TPSA) is 61.9 Å². The van der Waals surface area contributed by atoms with Gasteiger partial charge in [-0.25, -0.2) is 4.79 Å². The highest BCUT2D eigenvalue weighted by atomic mass is 16.5. The van der Waals surface area contributed by atoms with Crippen LogP contribution < -0.4 is 10.1 Å². The Bertz CT molecular complexity index is 646. The summed E-state index contributed by atoms with van der Waals surface area (Å²) in [6, 6.07) is 7.23. The first-order valence-corrected chi connectivity index (χ1v) is 8.25. The van der Waals surface area contributed by atoms with Crippen LogP contribution in [0.4, 0.5) is 10.5 Å². The van der Waals surface area contributed by atoms with Crippen molar-refractivity contribution in [1.82, 2.24) is 9.80 Å². The molecular weight excluding hydrogens is 306 g/mol. The van der Waals surface area contributed by atoms with Gasteiger partial charge in [0.25, 0.3) is 0 Å². The smallest absolute Gasteiger partial charge is 0.322 e. The van der Waals surface area contributed by atoms with Gasteiger partial charge in [-0.15, -0.1) is 0 Å². The van der Waals surface area contributed by atoms with Gasteiger partial charge in [0.1, 0.15) is 12.4 Å². The first-order chi connectivity index (χ1) is 11.6. The lowest BCUT2D eigenvalue weighted by Gasteiger charge is -2.32. The number of piperidine rings is 1. The number of carbonyl (C=O) groups excluding carboxylic acids is 2. The normalized spacial score (nSPS) is 23.0. The molecule has 24 heavy (non-hydrogen) atoms. The van der Waals surface area contributed by atoms with E-state index < -0.39 is 0 Å². The minimum absolute atomic E-state index is 0.0910. The number of urea groups is 1. The Hall–Kier alpha value is -2.50. The van der Waals surface area contributed by atoms with Crippen LogP contribution in [0.25, 0.3) is 0 Å². The van der Waals surface area contributed by atoms with E-state index in [0.29, 0.717) is 31.1 Å². The molecule has 1 aromatic rings. The Morgan fingerprint density at radius 1 is 1.38 bits per heavy atom. The lowest BCUT2D eigenvalue weighted by Crippen LogP contribution is -2.45. The van der Waals surface area contributed by atoms with Crippen LogP contribution in [0.2, 0.25) is 0 Å². The molecule has 0 radical (unpaired) electrons. The van der Waals surface area contributed by atoms with Crippen LogP contribution in [0.3, 0.4) is 0 Å². The summed E-state index contributed by atoms with van der Waals surface area (Å²) in [6.45, 7) is 5.05. The zero-order valence-corrected chi connectivity index (χ0v) is 13.9. The number of fused-ring (bicyclic) bond motifs is 4. The second-order valence-electron chi connectivity index (χ2n) is 6.31. The molecule has 2 bridgehead atoms. The fourth-order valence-corrected chi connectivity index (χ4v) is 3.36. The molecule has 0 unspecified atom stereocenters. The molecule has 3 heterocycles. The van der Waals surface area contributed by atoms with Crippen molar-refractivity contribution in [2.24, 2.45) is 5.92 Å². The quantitative estimate of drug-likeness (QED) is 0.863. The summed E-state index contributed by atoms with van der Waals surface area (Å²) in [5.74, 6) is 0.666. The number of likely N-dealkylation sites (N-methyl/N-ethyl adjacent to an activating group) is 1. The maximum atomic E-state index is 12.7. The average molecular weight is 329 g/mol. The number of para-hydroxylation sites is 2. The summed E-state index contributed by atoms with van der Waals surface area (Å²) in [7, 11) is 1.83. The molecule has 6 heteroatoms. The molecule has 4 rings (SSSR count). The number of hydrogen-bond acceptors (Lipinski definition) is 3. The van der Waals surface area contributed by atoms with E-state index in [-0.39, 0.29) is 23.9 Å². The van der Waals surface area contributed by atoms with E-state index in [1.165, 1.54) is 0 Å². The molecule has 0 spiro atoms. The molecule has 6 nitrogen and oxygen atoms in total. The highest BCUT2D eigenvalue weighted by molar-refractivity contribution is 5.92. The van der Waals surface area contributed by atoms with Crippen molar-refractivity contribution in [2.75, 3.05) is 32.1 Å². The minimum Gasteiger partial charge on any atom is -0.487 e. The standard InChI is InChI=1S/C18H23N3O3/c1-3-10-24-16-7-5-4-6-15(16)19-18(23)21-11-13-8-9-14(12-21)20(2)17(13)22/h3-7,13-14H,1,8-12H2,2H3,(H,19,23)/t13-,14+/m1/s1. The van der Waals surface area contributed by atoms with E-state index >= 15 is 0 Å². The van der Waals surface area contributed by atoms with E-state index in [1.807, 2.05) is 25.2 Å². The number of amides is 3. The van der Waals surface area contributed by atoms with Crippen LogP contribution in [-0.2, 0) is 4.79 Å². The molecule has 3 aliphatic rings. The van der Waals surface area contributed by atoms with Gasteiger partial charge in [0, 0.05) is 26.2 Å². The number of hydrogen-bond donors (Lipinski definition) is 1. The fourth-order valence-electron chi connectivity index (χ4n) is 3.36. The van der Waals surface area contributed by atoms with Crippen LogP contribution in [0.5, 0.6) is 5.75 Å². The molecule has 128 valence electrons. The van der Waals surface area contributed by atoms with Crippen LogP contribution in [-0.4, -0.2) is 54.5 Å². The third-order valence-electron chi connectivity index (χ3n) is 4.74. The van der Waals surface area contributed by atoms with Crippen molar-refractivity contribution in [3.63, 3.8) is 0 Å². The zero-order chi connectivity index (χ0) is 17.1. The Kier molecular flexibility index (Phi) is 4.74. The van der Waals surface area contributed by atoms with Gasteiger partial charge in [0.05, 0.1) is 11.6 Å². The van der Waals surface area contributed by atoms with E-state index in [2.05, 4.69) is 11.9 Å². The van der Waals surface area contributed by atoms with Crippen LogP contribution in [0, 0.1) is 5.92 Å². The molecule has 3 saturated heterocycles. The molecular formula is C18H23N3O3. The van der Waals surface area contributed by atoms with Crippen LogP contribution in [0.1, 0.15) is 12.8 Å². The van der Waals surface area contributed by atoms with E-state index in [9.17, 15) is 9.59 Å². The average Bonchev–Trinajstić information content (AvgIpc) is 2.88. The molecule has 0 saturated carbocycles. The minimum atomic E-state index is -0.190. The van der Waals surface area contributed by atoms with E-state index in [1.54, 1.807) is 21.9 Å². The molecule has 3 aliphatic heterocycles. The van der Waals surface area contributed by atoms with E-state index in [0.717, 1.165) is 12.8 Å². The molecule has 1 aromatic carbocycles. The van der Waals surface area contributed by atoms with Gasteiger partial charge in [-0.3, -0.25) is 4.79 Å². The highest BCUT2D eigenvalue weighted by Crippen LogP contribution is 2.29. The fraction of sp³-hybridized carbons (Fsp3) is 0.444. The Balaban J connectivity index is 1.72. The van der Waals surface area contributed by atoms with Gasteiger partial charge >= 0.3 is 6.03 Å². The van der Waals surface area contributed by atoms with E-state index in [4.69, 9.17) is 4.74 Å². The van der Waals surface area contributed by atoms with Crippen molar-refractivity contribution < 1.29 is 14.3 Å². The predicted molar refractivity (Wildman–Crippen MR) is 92.0 cm³/mol. The van der Waals surface area contributed by atoms with Crippen molar-refractivity contribution >= 4 is 17.6 Å². The van der Waals surface area contributed by atoms with Crippen molar-refractivity contribution in [1.29, 1.82) is 0 Å². The lowest BCUT2D eigenvalue weighted by atomic mass is 9.95. The number of ether oxygens (including phenoxy) is 1. The molecule has 3 amide bonds. The lowest BCUT2D eigenvalue weighted by molar-refractivity contribution is -0.138. The largest absolute Gasteiger partial charge is 0.487 e. The highest BCUT2D eigenvalue weighted by Gasteiger charge is 2.40. The summed E-state index contributed by atoms with van der Waals surface area (Å²) >= 11 is 0. The summed E-state index contributed by atoms with van der Waals surface area (Å²) < 4.78 is 5.57. The number of anilines is 1.